The van der Waals surface area contributed by atoms with Gasteiger partial charge in [0.1, 0.15) is 18.0 Å². The molecule has 1 aromatic rings. The lowest BCUT2D eigenvalue weighted by atomic mass is 9.84. The minimum atomic E-state index is -2.87. The number of nitrogens with one attached hydrogen (secondary N) is 1. The van der Waals surface area contributed by atoms with Crippen LogP contribution in [0.5, 0.6) is 0 Å². The lowest BCUT2D eigenvalue weighted by Gasteiger charge is -2.41. The highest BCUT2D eigenvalue weighted by molar-refractivity contribution is 5.83. The molecule has 2 rings (SSSR count). The van der Waals surface area contributed by atoms with Gasteiger partial charge in [-0.2, -0.15) is 4.98 Å². The SMILES string of the molecule is NC(N)=NC[C@H](O)C[C@](O)(C(=O)O)[C@H]1O[C@@H](n2cc(CO)c(N)nc2=O)C=C[C@@H]1NC(=O)[C@@H](N)CO.O=CO. The minimum Gasteiger partial charge on any atom is -0.483 e. The number of guanidine groups is 1. The van der Waals surface area contributed by atoms with Crippen LogP contribution < -0.4 is 33.9 Å². The van der Waals surface area contributed by atoms with Gasteiger partial charge in [0.25, 0.3) is 6.47 Å². The van der Waals surface area contributed by atoms with Crippen molar-refractivity contribution in [1.82, 2.24) is 14.9 Å². The Morgan fingerprint density at radius 2 is 1.92 bits per heavy atom. The number of aliphatic carboxylic acids is 1. The Balaban J connectivity index is 0.00000242. The highest BCUT2D eigenvalue weighted by Crippen LogP contribution is 2.32. The first-order valence-corrected chi connectivity index (χ1v) is 11.0. The fraction of sp³-hybridized carbons (Fsp3) is 0.500. The van der Waals surface area contributed by atoms with Crippen LogP contribution in [0.4, 0.5) is 5.82 Å². The molecule has 19 heteroatoms. The van der Waals surface area contributed by atoms with Crippen LogP contribution in [0, 0.1) is 0 Å². The third-order valence-corrected chi connectivity index (χ3v) is 5.32. The molecule has 0 saturated carbocycles. The maximum Gasteiger partial charge on any atom is 0.351 e. The number of aliphatic imine (C=N–C) groups is 1. The van der Waals surface area contributed by atoms with Crippen LogP contribution in [0.3, 0.4) is 0 Å². The van der Waals surface area contributed by atoms with Gasteiger partial charge in [-0.15, -0.1) is 0 Å². The van der Waals surface area contributed by atoms with Gasteiger partial charge in [0.15, 0.2) is 17.8 Å². The molecule has 218 valence electrons. The Kier molecular flexibility index (Phi) is 12.4. The molecule has 6 atom stereocenters. The number of ether oxygens (including phenoxy) is 1. The van der Waals surface area contributed by atoms with Crippen molar-refractivity contribution < 1.29 is 49.8 Å². The molecule has 1 aliphatic heterocycles. The third kappa shape index (κ3) is 8.70. The number of carboxylic acid groups (broad SMARTS) is 2. The van der Waals surface area contributed by atoms with Crippen LogP contribution in [-0.4, -0.2) is 108 Å². The molecule has 0 bridgehead atoms. The van der Waals surface area contributed by atoms with E-state index >= 15 is 0 Å². The number of carboxylic acids is 1. The maximum atomic E-state index is 12.4. The molecule has 0 unspecified atom stereocenters. The summed E-state index contributed by atoms with van der Waals surface area (Å²) >= 11 is 0. The molecule has 1 aromatic heterocycles. The standard InChI is InChI=1S/C19H30N8O9.CH2O2/c20-10(7-29)15(31)25-11-1-2-12(27-5-8(6-28)14(21)26-18(27)34)36-13(11)19(35,16(32)33)3-9(30)4-24-17(22)23;2-1-3/h1-2,5,9-13,28-30,35H,3-4,6-7,20H2,(H,25,31)(H,32,33)(H2,21,26,34)(H4,22,23,24);1H,(H,2,3)/t9-,10+,11+,12-,13+,19-;/m1./s1. The molecular formula is C20H32N8O11. The smallest absolute Gasteiger partial charge is 0.351 e. The fourth-order valence-corrected chi connectivity index (χ4v) is 3.43. The fourth-order valence-electron chi connectivity index (χ4n) is 3.43. The Morgan fingerprint density at radius 3 is 2.44 bits per heavy atom. The normalized spacial score (nSPS) is 21.3. The summed E-state index contributed by atoms with van der Waals surface area (Å²) in [4.78, 5) is 52.4. The summed E-state index contributed by atoms with van der Waals surface area (Å²) in [7, 11) is 0. The van der Waals surface area contributed by atoms with Crippen molar-refractivity contribution in [3.63, 3.8) is 0 Å². The monoisotopic (exact) mass is 560 g/mol. The second kappa shape index (κ2) is 14.7. The molecule has 15 N–H and O–H groups in total. The molecule has 19 nitrogen and oxygen atoms in total. The number of carbonyl (C=O) groups is 3. The van der Waals surface area contributed by atoms with Crippen molar-refractivity contribution >= 4 is 30.1 Å². The third-order valence-electron chi connectivity index (χ3n) is 5.32. The quantitative estimate of drug-likeness (QED) is 0.0519. The van der Waals surface area contributed by atoms with E-state index in [4.69, 9.17) is 42.7 Å². The Hall–Kier alpha value is -4.14. The number of hydrogen-bond donors (Lipinski definition) is 11. The van der Waals surface area contributed by atoms with E-state index in [1.54, 1.807) is 0 Å². The zero-order valence-corrected chi connectivity index (χ0v) is 20.4. The number of carbonyl (C=O) groups excluding carboxylic acids is 1. The van der Waals surface area contributed by atoms with Crippen molar-refractivity contribution in [1.29, 1.82) is 0 Å². The first-order chi connectivity index (χ1) is 18.2. The van der Waals surface area contributed by atoms with Crippen LogP contribution in [-0.2, 0) is 25.7 Å². The minimum absolute atomic E-state index is 0.0636. The van der Waals surface area contributed by atoms with Gasteiger partial charge < -0.3 is 63.6 Å². The van der Waals surface area contributed by atoms with E-state index in [1.807, 2.05) is 0 Å². The van der Waals surface area contributed by atoms with E-state index in [0.29, 0.717) is 0 Å². The summed E-state index contributed by atoms with van der Waals surface area (Å²) in [5.74, 6) is -3.36. The number of aliphatic hydroxyl groups is 4. The topological polar surface area (TPSA) is 345 Å². The molecule has 39 heavy (non-hydrogen) atoms. The van der Waals surface area contributed by atoms with Crippen LogP contribution in [0.1, 0.15) is 18.2 Å². The van der Waals surface area contributed by atoms with E-state index < -0.39 is 79.9 Å². The molecule has 0 fully saturated rings. The zero-order valence-electron chi connectivity index (χ0n) is 20.4. The average Bonchev–Trinajstić information content (AvgIpc) is 2.87. The van der Waals surface area contributed by atoms with E-state index in [0.717, 1.165) is 10.8 Å². The van der Waals surface area contributed by atoms with Crippen molar-refractivity contribution in [3.05, 3.63) is 34.4 Å². The maximum absolute atomic E-state index is 12.4. The molecule has 1 aliphatic rings. The van der Waals surface area contributed by atoms with Crippen LogP contribution in [0.2, 0.25) is 0 Å². The predicted octanol–water partition coefficient (Wildman–Crippen LogP) is -5.88. The highest BCUT2D eigenvalue weighted by atomic mass is 16.5. The molecule has 0 saturated heterocycles. The summed E-state index contributed by atoms with van der Waals surface area (Å²) in [5, 5.41) is 59.2. The van der Waals surface area contributed by atoms with E-state index in [9.17, 15) is 34.8 Å². The van der Waals surface area contributed by atoms with Crippen LogP contribution in [0.15, 0.2) is 28.1 Å². The summed E-state index contributed by atoms with van der Waals surface area (Å²) in [5.41, 5.74) is 17.8. The molecule has 0 radical (unpaired) electrons. The molecule has 2 heterocycles. The number of aliphatic hydroxyl groups excluding tert-OH is 3. The van der Waals surface area contributed by atoms with Gasteiger partial charge in [-0.05, 0) is 6.08 Å². The van der Waals surface area contributed by atoms with Crippen molar-refractivity contribution in [2.45, 2.75) is 49.1 Å². The number of nitrogens with zero attached hydrogens (tertiary/aromatic N) is 3. The number of hydrogen-bond acceptors (Lipinski definition) is 13. The Bertz CT molecular complexity index is 1120. The number of aromatic nitrogens is 2. The average molecular weight is 561 g/mol. The number of nitrogens with two attached hydrogens (primary N) is 4. The molecule has 0 spiro atoms. The Morgan fingerprint density at radius 1 is 1.31 bits per heavy atom. The summed E-state index contributed by atoms with van der Waals surface area (Å²) < 4.78 is 6.62. The van der Waals surface area contributed by atoms with Crippen molar-refractivity contribution in [3.8, 4) is 0 Å². The first kappa shape index (κ1) is 32.9. The molecular weight excluding hydrogens is 528 g/mol. The number of amides is 1. The van der Waals surface area contributed by atoms with E-state index in [1.165, 1.54) is 12.2 Å². The lowest BCUT2D eigenvalue weighted by Crippen LogP contribution is -2.63. The lowest BCUT2D eigenvalue weighted by molar-refractivity contribution is -0.197. The number of anilines is 1. The van der Waals surface area contributed by atoms with E-state index in [2.05, 4.69) is 15.3 Å². The highest BCUT2D eigenvalue weighted by Gasteiger charge is 2.52. The van der Waals surface area contributed by atoms with Gasteiger partial charge in [0.05, 0.1) is 31.9 Å². The van der Waals surface area contributed by atoms with Gasteiger partial charge in [0.2, 0.25) is 5.91 Å². The van der Waals surface area contributed by atoms with Gasteiger partial charge in [-0.3, -0.25) is 19.1 Å². The Labute approximate surface area is 220 Å². The molecule has 1 amide bonds. The van der Waals surface area contributed by atoms with Gasteiger partial charge >= 0.3 is 11.7 Å². The van der Waals surface area contributed by atoms with E-state index in [-0.39, 0.29) is 23.8 Å². The summed E-state index contributed by atoms with van der Waals surface area (Å²) in [6.07, 6.45) is -2.01. The second-order valence-corrected chi connectivity index (χ2v) is 8.11. The first-order valence-electron chi connectivity index (χ1n) is 11.0. The van der Waals surface area contributed by atoms with Gasteiger partial charge in [0, 0.05) is 18.2 Å². The number of nitrogen functional groups attached to an aromatic ring is 1. The zero-order chi connectivity index (χ0) is 29.9. The van der Waals surface area contributed by atoms with Crippen LogP contribution >= 0.6 is 0 Å². The largest absolute Gasteiger partial charge is 0.483 e. The second-order valence-electron chi connectivity index (χ2n) is 8.11. The van der Waals surface area contributed by atoms with Crippen molar-refractivity contribution in [2.24, 2.45) is 22.2 Å². The summed E-state index contributed by atoms with van der Waals surface area (Å²) in [6.45, 7) is -2.02. The predicted molar refractivity (Wildman–Crippen MR) is 131 cm³/mol. The number of rotatable bonds is 11. The molecule has 0 aromatic carbocycles. The van der Waals surface area contributed by atoms with Crippen molar-refractivity contribution in [2.75, 3.05) is 18.9 Å². The molecule has 0 aliphatic carbocycles. The van der Waals surface area contributed by atoms with Gasteiger partial charge in [-0.25, -0.2) is 9.59 Å². The summed E-state index contributed by atoms with van der Waals surface area (Å²) in [6, 6.07) is -2.73. The van der Waals surface area contributed by atoms with Crippen LogP contribution in [0.25, 0.3) is 0 Å². The van der Waals surface area contributed by atoms with Gasteiger partial charge in [-0.1, -0.05) is 6.08 Å².